The third kappa shape index (κ3) is 4.66. The summed E-state index contributed by atoms with van der Waals surface area (Å²) in [6.45, 7) is 13.0. The summed E-state index contributed by atoms with van der Waals surface area (Å²) in [6, 6.07) is 8.79. The van der Waals surface area contributed by atoms with E-state index in [9.17, 15) is 4.21 Å². The van der Waals surface area contributed by atoms with Crippen LogP contribution in [0, 0.1) is 5.92 Å². The van der Waals surface area contributed by atoms with Crippen LogP contribution >= 0.6 is 0 Å². The van der Waals surface area contributed by atoms with Gasteiger partial charge in [-0.2, -0.15) is 0 Å². The van der Waals surface area contributed by atoms with Crippen molar-refractivity contribution < 1.29 is 4.21 Å². The van der Waals surface area contributed by atoms with E-state index in [1.807, 2.05) is 0 Å². The van der Waals surface area contributed by atoms with Gasteiger partial charge in [0.2, 0.25) is 0 Å². The van der Waals surface area contributed by atoms with E-state index in [2.05, 4.69) is 70.5 Å². The minimum absolute atomic E-state index is 0.105. The van der Waals surface area contributed by atoms with Gasteiger partial charge in [-0.25, -0.2) is 8.93 Å². The molecule has 1 aromatic carbocycles. The molecule has 1 N–H and O–H groups in total. The summed E-state index contributed by atoms with van der Waals surface area (Å²) in [7, 11) is -1.01. The number of hydrogen-bond donors (Lipinski definition) is 1. The molecule has 22 heavy (non-hydrogen) atoms. The third-order valence-corrected chi connectivity index (χ3v) is 6.28. The lowest BCUT2D eigenvalue weighted by atomic mass is 9.86. The molecule has 0 spiro atoms. The highest BCUT2D eigenvalue weighted by Crippen LogP contribution is 2.38. The second kappa shape index (κ2) is 6.45. The Bertz CT molecular complexity index is 523. The molecule has 124 valence electrons. The van der Waals surface area contributed by atoms with Crippen molar-refractivity contribution in [3.63, 3.8) is 0 Å². The van der Waals surface area contributed by atoms with Gasteiger partial charge in [-0.15, -0.1) is 0 Å². The second-order valence-electron chi connectivity index (χ2n) is 8.39. The van der Waals surface area contributed by atoms with Crippen LogP contribution in [0.25, 0.3) is 0 Å². The highest BCUT2D eigenvalue weighted by Gasteiger charge is 2.35. The Morgan fingerprint density at radius 3 is 2.14 bits per heavy atom. The van der Waals surface area contributed by atoms with E-state index >= 15 is 0 Å². The molecule has 0 amide bonds. The molecule has 0 radical (unpaired) electrons. The quantitative estimate of drug-likeness (QED) is 0.795. The molecule has 0 saturated heterocycles. The molecule has 2 nitrogen and oxygen atoms in total. The highest BCUT2D eigenvalue weighted by molar-refractivity contribution is 7.84. The molecular weight excluding hydrogens is 290 g/mol. The van der Waals surface area contributed by atoms with Crippen molar-refractivity contribution in [2.24, 2.45) is 5.92 Å². The SMILES string of the molecule is C[C@H](NS(=O)C(C)(C)CC1CC1)c1ccc(C(C)(C)C)cc1. The first-order valence-corrected chi connectivity index (χ1v) is 9.53. The number of hydrogen-bond acceptors (Lipinski definition) is 1. The molecule has 0 aromatic heterocycles. The molecule has 1 aromatic rings. The van der Waals surface area contributed by atoms with Crippen molar-refractivity contribution >= 4 is 11.0 Å². The van der Waals surface area contributed by atoms with Gasteiger partial charge in [0.05, 0.1) is 15.7 Å². The van der Waals surface area contributed by atoms with Crippen LogP contribution in [0.1, 0.15) is 78.0 Å². The van der Waals surface area contributed by atoms with E-state index in [1.165, 1.54) is 24.0 Å². The van der Waals surface area contributed by atoms with E-state index in [0.29, 0.717) is 0 Å². The number of nitrogens with one attached hydrogen (secondary N) is 1. The zero-order chi connectivity index (χ0) is 16.5. The first-order valence-electron chi connectivity index (χ1n) is 8.38. The normalized spacial score (nSPS) is 19.0. The average Bonchev–Trinajstić information content (AvgIpc) is 3.21. The maximum atomic E-state index is 12.6. The van der Waals surface area contributed by atoms with Crippen molar-refractivity contribution in [1.82, 2.24) is 4.72 Å². The predicted octanol–water partition coefficient (Wildman–Crippen LogP) is 4.88. The van der Waals surface area contributed by atoms with Crippen molar-refractivity contribution in [2.75, 3.05) is 0 Å². The highest BCUT2D eigenvalue weighted by atomic mass is 32.2. The van der Waals surface area contributed by atoms with Crippen LogP contribution in [0.15, 0.2) is 24.3 Å². The fourth-order valence-electron chi connectivity index (χ4n) is 2.75. The summed E-state index contributed by atoms with van der Waals surface area (Å²) in [4.78, 5) is 0. The Balaban J connectivity index is 1.99. The molecule has 1 fully saturated rings. The van der Waals surface area contributed by atoms with Gasteiger partial charge in [-0.05, 0) is 49.7 Å². The Labute approximate surface area is 138 Å². The maximum absolute atomic E-state index is 12.6. The zero-order valence-corrected chi connectivity index (χ0v) is 15.7. The van der Waals surface area contributed by atoms with Gasteiger partial charge in [0, 0.05) is 6.04 Å². The zero-order valence-electron chi connectivity index (χ0n) is 14.9. The lowest BCUT2D eigenvalue weighted by molar-refractivity contribution is 0.541. The van der Waals surface area contributed by atoms with Crippen LogP contribution in [-0.4, -0.2) is 8.96 Å². The van der Waals surface area contributed by atoms with E-state index in [-0.39, 0.29) is 16.2 Å². The summed E-state index contributed by atoms with van der Waals surface area (Å²) >= 11 is 0. The van der Waals surface area contributed by atoms with Crippen molar-refractivity contribution in [2.45, 2.75) is 77.0 Å². The van der Waals surface area contributed by atoms with Crippen molar-refractivity contribution in [3.05, 3.63) is 35.4 Å². The lowest BCUT2D eigenvalue weighted by Gasteiger charge is -2.27. The Morgan fingerprint density at radius 1 is 1.14 bits per heavy atom. The predicted molar refractivity (Wildman–Crippen MR) is 96.3 cm³/mol. The Kier molecular flexibility index (Phi) is 5.18. The molecule has 2 atom stereocenters. The van der Waals surface area contributed by atoms with E-state index < -0.39 is 11.0 Å². The smallest absolute Gasteiger partial charge is 0.0978 e. The van der Waals surface area contributed by atoms with Crippen LogP contribution < -0.4 is 4.72 Å². The number of rotatable bonds is 6. The van der Waals surface area contributed by atoms with Crippen LogP contribution in [0.2, 0.25) is 0 Å². The summed E-state index contributed by atoms with van der Waals surface area (Å²) in [5.41, 5.74) is 2.70. The second-order valence-corrected chi connectivity index (χ2v) is 10.3. The van der Waals surface area contributed by atoms with E-state index in [4.69, 9.17) is 0 Å². The molecule has 1 saturated carbocycles. The van der Waals surface area contributed by atoms with Gasteiger partial charge in [0.1, 0.15) is 0 Å². The van der Waals surface area contributed by atoms with Crippen molar-refractivity contribution in [3.8, 4) is 0 Å². The number of benzene rings is 1. The van der Waals surface area contributed by atoms with E-state index in [1.54, 1.807) is 0 Å². The molecule has 2 rings (SSSR count). The largest absolute Gasteiger partial charge is 0.242 e. The minimum Gasteiger partial charge on any atom is -0.242 e. The Hall–Kier alpha value is -0.670. The fraction of sp³-hybridized carbons (Fsp3) is 0.684. The summed E-state index contributed by atoms with van der Waals surface area (Å²) in [5, 5.41) is 0. The lowest BCUT2D eigenvalue weighted by Crippen LogP contribution is -2.37. The first kappa shape index (κ1) is 17.7. The van der Waals surface area contributed by atoms with Gasteiger partial charge in [0.15, 0.2) is 0 Å². The molecular formula is C19H31NOS. The maximum Gasteiger partial charge on any atom is 0.0978 e. The molecule has 0 heterocycles. The van der Waals surface area contributed by atoms with Crippen LogP contribution in [0.5, 0.6) is 0 Å². The molecule has 1 aliphatic carbocycles. The monoisotopic (exact) mass is 321 g/mol. The topological polar surface area (TPSA) is 29.1 Å². The van der Waals surface area contributed by atoms with Crippen molar-refractivity contribution in [1.29, 1.82) is 0 Å². The van der Waals surface area contributed by atoms with Crippen LogP contribution in [0.3, 0.4) is 0 Å². The average molecular weight is 322 g/mol. The summed E-state index contributed by atoms with van der Waals surface area (Å²) < 4.78 is 15.8. The summed E-state index contributed by atoms with van der Waals surface area (Å²) in [6.07, 6.45) is 3.68. The summed E-state index contributed by atoms with van der Waals surface area (Å²) in [5.74, 6) is 0.794. The standard InChI is InChI=1S/C19H31NOS/c1-14(16-9-11-17(12-10-16)18(2,3)4)20-22(21)19(5,6)13-15-7-8-15/h9-12,14-15,20H,7-8,13H2,1-6H3/t14-,22?/m0/s1. The van der Waals surface area contributed by atoms with Gasteiger partial charge in [-0.1, -0.05) is 57.9 Å². The van der Waals surface area contributed by atoms with Gasteiger partial charge < -0.3 is 0 Å². The molecule has 1 aliphatic rings. The first-order chi connectivity index (χ1) is 10.1. The third-order valence-electron chi connectivity index (χ3n) is 4.54. The molecule has 1 unspecified atom stereocenters. The van der Waals surface area contributed by atoms with Crippen LogP contribution in [0.4, 0.5) is 0 Å². The minimum atomic E-state index is -1.01. The van der Waals surface area contributed by atoms with Gasteiger partial charge in [0.25, 0.3) is 0 Å². The van der Waals surface area contributed by atoms with E-state index in [0.717, 1.165) is 12.3 Å². The molecule has 3 heteroatoms. The van der Waals surface area contributed by atoms with Gasteiger partial charge >= 0.3 is 0 Å². The molecule has 0 aliphatic heterocycles. The Morgan fingerprint density at radius 2 is 1.68 bits per heavy atom. The molecule has 0 bridgehead atoms. The van der Waals surface area contributed by atoms with Gasteiger partial charge in [-0.3, -0.25) is 0 Å². The fourth-order valence-corrected chi connectivity index (χ4v) is 3.92. The van der Waals surface area contributed by atoms with Crippen LogP contribution in [-0.2, 0) is 16.4 Å².